The highest BCUT2D eigenvalue weighted by Crippen LogP contribution is 2.34. The number of piperidine rings is 1. The lowest BCUT2D eigenvalue weighted by Gasteiger charge is -2.31. The molecule has 6 heterocycles. The number of anilines is 1. The van der Waals surface area contributed by atoms with E-state index in [-0.39, 0.29) is 22.9 Å². The first-order valence-corrected chi connectivity index (χ1v) is 13.9. The van der Waals surface area contributed by atoms with E-state index < -0.39 is 0 Å². The molecule has 0 aliphatic carbocycles. The lowest BCUT2D eigenvalue weighted by Crippen LogP contribution is -2.40. The average Bonchev–Trinajstić information content (AvgIpc) is 3.50. The van der Waals surface area contributed by atoms with Gasteiger partial charge in [-0.1, -0.05) is 12.1 Å². The molecule has 1 N–H and O–H groups in total. The lowest BCUT2D eigenvalue weighted by molar-refractivity contribution is 0.0697. The Hall–Kier alpha value is -3.08. The summed E-state index contributed by atoms with van der Waals surface area (Å²) >= 11 is 1.46. The minimum absolute atomic E-state index is 0.00199. The maximum Gasteiger partial charge on any atom is 0.258 e. The molecule has 7 rings (SSSR count). The second-order valence-corrected chi connectivity index (χ2v) is 11.7. The monoisotopic (exact) mass is 518 g/mol. The number of rotatable bonds is 3. The molecule has 0 radical (unpaired) electrons. The topological polar surface area (TPSA) is 92.1 Å². The maximum absolute atomic E-state index is 13.8. The molecule has 3 aliphatic heterocycles. The van der Waals surface area contributed by atoms with Crippen LogP contribution in [0.5, 0.6) is 0 Å². The van der Waals surface area contributed by atoms with E-state index in [0.29, 0.717) is 46.9 Å². The fraction of sp³-hybridized carbons (Fsp3) is 0.481. The van der Waals surface area contributed by atoms with Gasteiger partial charge in [0, 0.05) is 45.1 Å². The van der Waals surface area contributed by atoms with Gasteiger partial charge < -0.3 is 19.9 Å². The second kappa shape index (κ2) is 9.04. The van der Waals surface area contributed by atoms with Crippen LogP contribution in [0.3, 0.4) is 0 Å². The first-order valence-electron chi connectivity index (χ1n) is 13.1. The zero-order valence-corrected chi connectivity index (χ0v) is 21.7. The standard InChI is InChI=1S/C27H30N6O3S/c1-31-9-6-16-14-32(15-17(16)13-31)27-28-12-19-23(34)22(25(35)29-18-7-10-36-11-8-18)26-33(24(19)30-27)20-4-2-3-5-21(20)37-26/h2-5,12,16-18H,6-11,13-15H2,1H3,(H,29,35). The summed E-state index contributed by atoms with van der Waals surface area (Å²) in [7, 11) is 2.19. The van der Waals surface area contributed by atoms with Crippen molar-refractivity contribution in [3.8, 4) is 0 Å². The molecular formula is C27H30N6O3S. The summed E-state index contributed by atoms with van der Waals surface area (Å²) in [6.07, 6.45) is 4.31. The normalized spacial score (nSPS) is 23.2. The number of para-hydroxylation sites is 1. The van der Waals surface area contributed by atoms with Gasteiger partial charge in [0.25, 0.3) is 5.91 Å². The van der Waals surface area contributed by atoms with E-state index in [1.807, 2.05) is 28.7 Å². The van der Waals surface area contributed by atoms with Gasteiger partial charge in [-0.15, -0.1) is 11.3 Å². The van der Waals surface area contributed by atoms with Gasteiger partial charge >= 0.3 is 0 Å². The number of nitrogens with zero attached hydrogens (tertiary/aromatic N) is 5. The van der Waals surface area contributed by atoms with Gasteiger partial charge in [0.1, 0.15) is 10.4 Å². The van der Waals surface area contributed by atoms with Crippen LogP contribution in [0.15, 0.2) is 35.3 Å². The van der Waals surface area contributed by atoms with Gasteiger partial charge in [-0.05, 0) is 56.8 Å². The Morgan fingerprint density at radius 2 is 1.92 bits per heavy atom. The molecule has 3 aromatic heterocycles. The fourth-order valence-electron chi connectivity index (χ4n) is 6.25. The van der Waals surface area contributed by atoms with Gasteiger partial charge in [-0.2, -0.15) is 4.98 Å². The SMILES string of the molecule is CN1CCC2CN(c3ncc4c(=O)c(C(=O)NC5CCOCC5)c5sc6ccccc6n5c4n3)CC2C1. The van der Waals surface area contributed by atoms with E-state index in [9.17, 15) is 9.59 Å². The van der Waals surface area contributed by atoms with Gasteiger partial charge in [-0.25, -0.2) is 4.98 Å². The van der Waals surface area contributed by atoms with Gasteiger partial charge in [0.2, 0.25) is 11.4 Å². The van der Waals surface area contributed by atoms with Crippen LogP contribution in [0.25, 0.3) is 26.1 Å². The Morgan fingerprint density at radius 3 is 2.78 bits per heavy atom. The molecule has 2 atom stereocenters. The van der Waals surface area contributed by atoms with Crippen LogP contribution in [-0.4, -0.2) is 77.7 Å². The molecule has 3 saturated heterocycles. The summed E-state index contributed by atoms with van der Waals surface area (Å²) in [5.41, 5.74) is 1.37. The number of aromatic nitrogens is 3. The number of carbonyl (C=O) groups is 1. The summed E-state index contributed by atoms with van der Waals surface area (Å²) in [6, 6.07) is 7.99. The number of hydrogen-bond acceptors (Lipinski definition) is 8. The summed E-state index contributed by atoms with van der Waals surface area (Å²) in [6.45, 7) is 5.32. The number of likely N-dealkylation sites (tertiary alicyclic amines) is 1. The van der Waals surface area contributed by atoms with Crippen LogP contribution in [0.1, 0.15) is 29.6 Å². The number of fused-ring (bicyclic) bond motifs is 6. The number of pyridine rings is 1. The van der Waals surface area contributed by atoms with Crippen LogP contribution in [0.2, 0.25) is 0 Å². The Bertz CT molecular complexity index is 1580. The highest BCUT2D eigenvalue weighted by molar-refractivity contribution is 7.24. The predicted molar refractivity (Wildman–Crippen MR) is 145 cm³/mol. The fourth-order valence-corrected chi connectivity index (χ4v) is 7.43. The number of ether oxygens (including phenoxy) is 1. The third-order valence-corrected chi connectivity index (χ3v) is 9.39. The van der Waals surface area contributed by atoms with Crippen molar-refractivity contribution in [1.29, 1.82) is 0 Å². The molecule has 2 unspecified atom stereocenters. The van der Waals surface area contributed by atoms with Crippen molar-refractivity contribution >= 4 is 49.3 Å². The third-order valence-electron chi connectivity index (χ3n) is 8.24. The number of benzene rings is 1. The Morgan fingerprint density at radius 1 is 1.11 bits per heavy atom. The number of nitrogens with one attached hydrogen (secondary N) is 1. The Balaban J connectivity index is 1.36. The molecule has 1 amide bonds. The third kappa shape index (κ3) is 3.89. The van der Waals surface area contributed by atoms with E-state index in [1.54, 1.807) is 6.20 Å². The summed E-state index contributed by atoms with van der Waals surface area (Å²) in [5.74, 6) is 1.59. The zero-order chi connectivity index (χ0) is 25.1. The van der Waals surface area contributed by atoms with E-state index in [2.05, 4.69) is 27.1 Å². The molecule has 4 aromatic rings. The van der Waals surface area contributed by atoms with E-state index in [0.717, 1.165) is 49.2 Å². The number of amides is 1. The number of thiazole rings is 1. The van der Waals surface area contributed by atoms with Crippen molar-refractivity contribution in [1.82, 2.24) is 24.6 Å². The van der Waals surface area contributed by atoms with Gasteiger partial charge in [0.05, 0.1) is 15.6 Å². The van der Waals surface area contributed by atoms with Crippen molar-refractivity contribution in [3.63, 3.8) is 0 Å². The predicted octanol–water partition coefficient (Wildman–Crippen LogP) is 2.75. The molecule has 0 saturated carbocycles. The molecule has 37 heavy (non-hydrogen) atoms. The van der Waals surface area contributed by atoms with Crippen molar-refractivity contribution in [3.05, 3.63) is 46.2 Å². The molecule has 0 bridgehead atoms. The molecule has 10 heteroatoms. The van der Waals surface area contributed by atoms with Crippen molar-refractivity contribution in [2.75, 3.05) is 51.3 Å². The van der Waals surface area contributed by atoms with Gasteiger partial charge in [-0.3, -0.25) is 14.0 Å². The van der Waals surface area contributed by atoms with Crippen LogP contribution in [0, 0.1) is 11.8 Å². The second-order valence-electron chi connectivity index (χ2n) is 10.7. The first kappa shape index (κ1) is 23.1. The average molecular weight is 519 g/mol. The molecule has 9 nitrogen and oxygen atoms in total. The zero-order valence-electron chi connectivity index (χ0n) is 20.9. The quantitative estimate of drug-likeness (QED) is 0.446. The molecule has 1 aromatic carbocycles. The molecule has 3 aliphatic rings. The molecule has 192 valence electrons. The van der Waals surface area contributed by atoms with Crippen LogP contribution >= 0.6 is 11.3 Å². The first-order chi connectivity index (χ1) is 18.1. The van der Waals surface area contributed by atoms with Crippen molar-refractivity contribution in [2.45, 2.75) is 25.3 Å². The van der Waals surface area contributed by atoms with Gasteiger partial charge in [0.15, 0.2) is 5.65 Å². The smallest absolute Gasteiger partial charge is 0.258 e. The number of hydrogen-bond donors (Lipinski definition) is 1. The molecular weight excluding hydrogens is 488 g/mol. The molecule has 0 spiro atoms. The van der Waals surface area contributed by atoms with E-state index in [1.165, 1.54) is 17.8 Å². The summed E-state index contributed by atoms with van der Waals surface area (Å²) in [4.78, 5) is 42.2. The van der Waals surface area contributed by atoms with Crippen molar-refractivity contribution < 1.29 is 9.53 Å². The van der Waals surface area contributed by atoms with E-state index >= 15 is 0 Å². The van der Waals surface area contributed by atoms with Crippen LogP contribution in [-0.2, 0) is 4.74 Å². The highest BCUT2D eigenvalue weighted by atomic mass is 32.1. The van der Waals surface area contributed by atoms with Crippen molar-refractivity contribution in [2.24, 2.45) is 11.8 Å². The lowest BCUT2D eigenvalue weighted by atomic mass is 9.89. The minimum atomic E-state index is -0.334. The van der Waals surface area contributed by atoms with Crippen LogP contribution < -0.4 is 15.6 Å². The molecule has 3 fully saturated rings. The highest BCUT2D eigenvalue weighted by Gasteiger charge is 2.37. The van der Waals surface area contributed by atoms with Crippen LogP contribution in [0.4, 0.5) is 5.95 Å². The van der Waals surface area contributed by atoms with E-state index in [4.69, 9.17) is 9.72 Å². The summed E-state index contributed by atoms with van der Waals surface area (Å²) < 4.78 is 8.42. The largest absolute Gasteiger partial charge is 0.381 e. The maximum atomic E-state index is 13.8. The minimum Gasteiger partial charge on any atom is -0.381 e. The Kier molecular flexibility index (Phi) is 5.63. The summed E-state index contributed by atoms with van der Waals surface area (Å²) in [5, 5.41) is 3.46. The Labute approximate surface area is 218 Å². The number of carbonyl (C=O) groups excluding carboxylic acids is 1.